The fraction of sp³-hybridized carbons (Fsp3) is 0.600. The van der Waals surface area contributed by atoms with Crippen molar-refractivity contribution in [2.45, 2.75) is 44.4 Å². The fourth-order valence-electron chi connectivity index (χ4n) is 2.70. The minimum atomic E-state index is -3.30. The van der Waals surface area contributed by atoms with Crippen LogP contribution in [0, 0.1) is 0 Å². The highest BCUT2D eigenvalue weighted by Crippen LogP contribution is 2.33. The molecule has 0 N–H and O–H groups in total. The van der Waals surface area contributed by atoms with Crippen LogP contribution in [0.2, 0.25) is 0 Å². The molecular weight excluding hydrogens is 260 g/mol. The third kappa shape index (κ3) is 4.96. The summed E-state index contributed by atoms with van der Waals surface area (Å²) in [4.78, 5) is 0. The summed E-state index contributed by atoms with van der Waals surface area (Å²) in [5.41, 5.74) is 2.70. The van der Waals surface area contributed by atoms with Crippen molar-refractivity contribution in [2.75, 3.05) is 12.9 Å². The molecular formula is C15H22O3S. The van der Waals surface area contributed by atoms with E-state index in [4.69, 9.17) is 4.18 Å². The van der Waals surface area contributed by atoms with Crippen molar-refractivity contribution in [3.05, 3.63) is 35.4 Å². The molecule has 0 amide bonds. The first-order valence-electron chi connectivity index (χ1n) is 6.98. The van der Waals surface area contributed by atoms with Crippen molar-refractivity contribution < 1.29 is 12.6 Å². The van der Waals surface area contributed by atoms with Crippen LogP contribution in [0.15, 0.2) is 24.3 Å². The van der Waals surface area contributed by atoms with Crippen molar-refractivity contribution >= 4 is 10.1 Å². The fourth-order valence-corrected chi connectivity index (χ4v) is 3.12. The Morgan fingerprint density at radius 2 is 1.79 bits per heavy atom. The van der Waals surface area contributed by atoms with Gasteiger partial charge in [-0.3, -0.25) is 4.18 Å². The summed E-state index contributed by atoms with van der Waals surface area (Å²) in [7, 11) is -3.30. The predicted octanol–water partition coefficient (Wildman–Crippen LogP) is 3.25. The largest absolute Gasteiger partial charge is 0.270 e. The highest BCUT2D eigenvalue weighted by atomic mass is 32.2. The Bertz CT molecular complexity index is 485. The van der Waals surface area contributed by atoms with Gasteiger partial charge in [-0.25, -0.2) is 0 Å². The Hall–Kier alpha value is -0.870. The quantitative estimate of drug-likeness (QED) is 0.594. The molecule has 1 aliphatic rings. The Balaban J connectivity index is 1.78. The van der Waals surface area contributed by atoms with E-state index in [1.807, 2.05) is 0 Å². The molecule has 19 heavy (non-hydrogen) atoms. The van der Waals surface area contributed by atoms with Gasteiger partial charge in [-0.05, 0) is 42.7 Å². The van der Waals surface area contributed by atoms with Gasteiger partial charge in [-0.2, -0.15) is 8.42 Å². The van der Waals surface area contributed by atoms with Crippen molar-refractivity contribution in [3.63, 3.8) is 0 Å². The highest BCUT2D eigenvalue weighted by molar-refractivity contribution is 7.85. The lowest BCUT2D eigenvalue weighted by Crippen LogP contribution is -2.04. The SMILES string of the molecule is CS(=O)(=O)OCCCc1ccc(C2CCCC2)cc1. The zero-order valence-corrected chi connectivity index (χ0v) is 12.3. The summed E-state index contributed by atoms with van der Waals surface area (Å²) in [6.45, 7) is 0.267. The maximum absolute atomic E-state index is 10.8. The Morgan fingerprint density at radius 3 is 2.37 bits per heavy atom. The van der Waals surface area contributed by atoms with E-state index in [9.17, 15) is 8.42 Å². The number of rotatable bonds is 6. The molecule has 1 fully saturated rings. The average Bonchev–Trinajstić information content (AvgIpc) is 2.88. The van der Waals surface area contributed by atoms with Crippen LogP contribution >= 0.6 is 0 Å². The van der Waals surface area contributed by atoms with Crippen molar-refractivity contribution in [2.24, 2.45) is 0 Å². The zero-order valence-electron chi connectivity index (χ0n) is 11.5. The number of hydrogen-bond donors (Lipinski definition) is 0. The third-order valence-corrected chi connectivity index (χ3v) is 4.31. The number of hydrogen-bond acceptors (Lipinski definition) is 3. The highest BCUT2D eigenvalue weighted by Gasteiger charge is 2.16. The van der Waals surface area contributed by atoms with E-state index >= 15 is 0 Å². The second kappa shape index (κ2) is 6.53. The molecule has 0 unspecified atom stereocenters. The van der Waals surface area contributed by atoms with Crippen LogP contribution in [0.25, 0.3) is 0 Å². The van der Waals surface area contributed by atoms with Gasteiger partial charge >= 0.3 is 0 Å². The lowest BCUT2D eigenvalue weighted by atomic mass is 9.96. The maximum Gasteiger partial charge on any atom is 0.264 e. The second-order valence-electron chi connectivity index (χ2n) is 5.35. The average molecular weight is 282 g/mol. The number of aryl methyl sites for hydroxylation is 1. The van der Waals surface area contributed by atoms with E-state index in [0.717, 1.165) is 25.0 Å². The predicted molar refractivity (Wildman–Crippen MR) is 76.8 cm³/mol. The van der Waals surface area contributed by atoms with Gasteiger partial charge in [-0.15, -0.1) is 0 Å². The van der Waals surface area contributed by atoms with Crippen LogP contribution < -0.4 is 0 Å². The summed E-state index contributed by atoms with van der Waals surface area (Å²) in [6, 6.07) is 8.77. The summed E-state index contributed by atoms with van der Waals surface area (Å²) >= 11 is 0. The minimum absolute atomic E-state index is 0.267. The normalized spacial score (nSPS) is 16.9. The molecule has 0 radical (unpaired) electrons. The second-order valence-corrected chi connectivity index (χ2v) is 7.00. The van der Waals surface area contributed by atoms with Gasteiger partial charge in [0.05, 0.1) is 12.9 Å². The molecule has 0 bridgehead atoms. The maximum atomic E-state index is 10.8. The smallest absolute Gasteiger partial charge is 0.264 e. The van der Waals surface area contributed by atoms with Crippen LogP contribution in [0.4, 0.5) is 0 Å². The van der Waals surface area contributed by atoms with E-state index in [-0.39, 0.29) is 6.61 Å². The first-order chi connectivity index (χ1) is 9.04. The first kappa shape index (κ1) is 14.5. The van der Waals surface area contributed by atoms with Crippen LogP contribution in [-0.4, -0.2) is 21.3 Å². The van der Waals surface area contributed by atoms with Crippen molar-refractivity contribution in [1.29, 1.82) is 0 Å². The van der Waals surface area contributed by atoms with E-state index in [0.29, 0.717) is 0 Å². The summed E-state index contributed by atoms with van der Waals surface area (Å²) in [5, 5.41) is 0. The van der Waals surface area contributed by atoms with E-state index in [1.54, 1.807) is 0 Å². The topological polar surface area (TPSA) is 43.4 Å². The summed E-state index contributed by atoms with van der Waals surface area (Å²) in [5.74, 6) is 0.752. The standard InChI is InChI=1S/C15H22O3S/c1-19(16,17)18-12-4-5-13-8-10-15(11-9-13)14-6-2-3-7-14/h8-11,14H,2-7,12H2,1H3. The molecule has 0 saturated heterocycles. The lowest BCUT2D eigenvalue weighted by Gasteiger charge is -2.10. The molecule has 1 aromatic carbocycles. The molecule has 1 aromatic rings. The Kier molecular flexibility index (Phi) is 4.99. The van der Waals surface area contributed by atoms with Gasteiger partial charge < -0.3 is 0 Å². The summed E-state index contributed by atoms with van der Waals surface area (Å²) in [6.07, 6.45) is 8.04. The molecule has 1 saturated carbocycles. The molecule has 2 rings (SSSR count). The lowest BCUT2D eigenvalue weighted by molar-refractivity contribution is 0.316. The molecule has 1 aliphatic carbocycles. The molecule has 0 aliphatic heterocycles. The van der Waals surface area contributed by atoms with Gasteiger partial charge in [0.2, 0.25) is 0 Å². The Labute approximate surface area is 116 Å². The van der Waals surface area contributed by atoms with Gasteiger partial charge in [0.15, 0.2) is 0 Å². The minimum Gasteiger partial charge on any atom is -0.270 e. The van der Waals surface area contributed by atoms with E-state index in [1.165, 1.54) is 36.8 Å². The molecule has 0 aromatic heterocycles. The van der Waals surface area contributed by atoms with Crippen molar-refractivity contribution in [3.8, 4) is 0 Å². The zero-order chi connectivity index (χ0) is 13.7. The van der Waals surface area contributed by atoms with Crippen LogP contribution in [0.5, 0.6) is 0 Å². The third-order valence-electron chi connectivity index (χ3n) is 3.71. The monoisotopic (exact) mass is 282 g/mol. The van der Waals surface area contributed by atoms with Gasteiger partial charge in [-0.1, -0.05) is 37.1 Å². The van der Waals surface area contributed by atoms with Gasteiger partial charge in [0, 0.05) is 0 Å². The first-order valence-corrected chi connectivity index (χ1v) is 8.79. The number of benzene rings is 1. The molecule has 0 spiro atoms. The van der Waals surface area contributed by atoms with Gasteiger partial charge in [0.1, 0.15) is 0 Å². The van der Waals surface area contributed by atoms with E-state index in [2.05, 4.69) is 24.3 Å². The summed E-state index contributed by atoms with van der Waals surface area (Å²) < 4.78 is 26.4. The van der Waals surface area contributed by atoms with Crippen LogP contribution in [-0.2, 0) is 20.7 Å². The van der Waals surface area contributed by atoms with Crippen molar-refractivity contribution in [1.82, 2.24) is 0 Å². The molecule has 0 heterocycles. The molecule has 4 heteroatoms. The van der Waals surface area contributed by atoms with Gasteiger partial charge in [0.25, 0.3) is 10.1 Å². The molecule has 0 atom stereocenters. The van der Waals surface area contributed by atoms with Crippen LogP contribution in [0.1, 0.15) is 49.1 Å². The molecule has 3 nitrogen and oxygen atoms in total. The van der Waals surface area contributed by atoms with E-state index < -0.39 is 10.1 Å². The van der Waals surface area contributed by atoms with Crippen LogP contribution in [0.3, 0.4) is 0 Å². The Morgan fingerprint density at radius 1 is 1.16 bits per heavy atom. The molecule has 106 valence electrons.